The summed E-state index contributed by atoms with van der Waals surface area (Å²) < 4.78 is 24.4. The van der Waals surface area contributed by atoms with Crippen LogP contribution in [0.1, 0.15) is 58.9 Å². The lowest BCUT2D eigenvalue weighted by Crippen LogP contribution is -2.48. The number of hydrogen-bond acceptors (Lipinski definition) is 7. The van der Waals surface area contributed by atoms with Crippen molar-refractivity contribution in [1.82, 2.24) is 20.2 Å². The van der Waals surface area contributed by atoms with Gasteiger partial charge in [-0.25, -0.2) is 4.98 Å². The zero-order chi connectivity index (χ0) is 30.1. The molecule has 3 aromatic rings. The summed E-state index contributed by atoms with van der Waals surface area (Å²) in [5.74, 6) is 0.0848. The van der Waals surface area contributed by atoms with Gasteiger partial charge in [-0.15, -0.1) is 0 Å². The number of piperidine rings is 1. The SMILES string of the molecule is COCCOc1ccc(N(Cc2cnccc2C)C2CCN([C@H](C)CCNC(=O)c3c(C)cc(F)nc3C)CC2)cc1. The number of aromatic nitrogens is 2. The Labute approximate surface area is 249 Å². The molecule has 0 aliphatic carbocycles. The highest BCUT2D eigenvalue weighted by Gasteiger charge is 2.28. The van der Waals surface area contributed by atoms with Gasteiger partial charge < -0.3 is 24.6 Å². The van der Waals surface area contributed by atoms with Gasteiger partial charge in [-0.3, -0.25) is 9.78 Å². The van der Waals surface area contributed by atoms with Gasteiger partial charge in [0.1, 0.15) is 12.4 Å². The van der Waals surface area contributed by atoms with E-state index in [9.17, 15) is 9.18 Å². The molecule has 1 aromatic carbocycles. The fourth-order valence-corrected chi connectivity index (χ4v) is 5.69. The Kier molecular flexibility index (Phi) is 11.3. The number of carbonyl (C=O) groups is 1. The van der Waals surface area contributed by atoms with Crippen molar-refractivity contribution in [2.75, 3.05) is 44.9 Å². The fourth-order valence-electron chi connectivity index (χ4n) is 5.69. The van der Waals surface area contributed by atoms with Crippen LogP contribution in [0.15, 0.2) is 48.8 Å². The van der Waals surface area contributed by atoms with Gasteiger partial charge >= 0.3 is 0 Å². The number of methoxy groups -OCH3 is 1. The molecule has 2 aromatic heterocycles. The van der Waals surface area contributed by atoms with E-state index < -0.39 is 5.95 Å². The quantitative estimate of drug-likeness (QED) is 0.220. The summed E-state index contributed by atoms with van der Waals surface area (Å²) in [5, 5.41) is 3.01. The van der Waals surface area contributed by atoms with Crippen LogP contribution >= 0.6 is 0 Å². The number of ether oxygens (including phenoxy) is 2. The molecule has 1 fully saturated rings. The van der Waals surface area contributed by atoms with Gasteiger partial charge in [-0.05, 0) is 100 Å². The molecule has 1 saturated heterocycles. The van der Waals surface area contributed by atoms with E-state index in [0.717, 1.165) is 44.6 Å². The van der Waals surface area contributed by atoms with Crippen molar-refractivity contribution in [3.05, 3.63) is 82.7 Å². The monoisotopic (exact) mass is 577 g/mol. The van der Waals surface area contributed by atoms with Crippen LogP contribution in [0.5, 0.6) is 5.75 Å². The summed E-state index contributed by atoms with van der Waals surface area (Å²) >= 11 is 0. The normalized spacial score (nSPS) is 14.9. The molecule has 0 bridgehead atoms. The maximum absolute atomic E-state index is 13.5. The molecule has 1 N–H and O–H groups in total. The topological polar surface area (TPSA) is 79.8 Å². The summed E-state index contributed by atoms with van der Waals surface area (Å²) in [6, 6.07) is 12.5. The lowest BCUT2D eigenvalue weighted by molar-refractivity contribution is 0.0943. The first-order valence-electron chi connectivity index (χ1n) is 14.8. The van der Waals surface area contributed by atoms with Crippen LogP contribution < -0.4 is 15.0 Å². The van der Waals surface area contributed by atoms with Crippen LogP contribution in [0, 0.1) is 26.7 Å². The third-order valence-electron chi connectivity index (χ3n) is 8.22. The van der Waals surface area contributed by atoms with Gasteiger partial charge in [-0.2, -0.15) is 4.39 Å². The number of aryl methyl sites for hydroxylation is 3. The summed E-state index contributed by atoms with van der Waals surface area (Å²) in [6.45, 7) is 12.2. The van der Waals surface area contributed by atoms with Crippen LogP contribution in [0.25, 0.3) is 0 Å². The zero-order valence-electron chi connectivity index (χ0n) is 25.5. The number of halogens is 1. The number of anilines is 1. The van der Waals surface area contributed by atoms with Crippen molar-refractivity contribution >= 4 is 11.6 Å². The first-order chi connectivity index (χ1) is 20.3. The number of carbonyl (C=O) groups excluding carboxylic acids is 1. The van der Waals surface area contributed by atoms with Crippen molar-refractivity contribution in [2.45, 2.75) is 65.6 Å². The highest BCUT2D eigenvalue weighted by molar-refractivity contribution is 5.96. The van der Waals surface area contributed by atoms with Crippen LogP contribution in [-0.2, 0) is 11.3 Å². The minimum atomic E-state index is -0.559. The Morgan fingerprint density at radius 2 is 1.86 bits per heavy atom. The van der Waals surface area contributed by atoms with Gasteiger partial charge in [0.2, 0.25) is 5.95 Å². The van der Waals surface area contributed by atoms with Crippen LogP contribution in [0.2, 0.25) is 0 Å². The Morgan fingerprint density at radius 1 is 1.12 bits per heavy atom. The molecule has 1 aliphatic heterocycles. The van der Waals surface area contributed by atoms with Gasteiger partial charge in [-0.1, -0.05) is 0 Å². The fraction of sp³-hybridized carbons (Fsp3) is 0.485. The Morgan fingerprint density at radius 3 is 2.52 bits per heavy atom. The number of rotatable bonds is 13. The van der Waals surface area contributed by atoms with Crippen molar-refractivity contribution in [3.63, 3.8) is 0 Å². The molecule has 42 heavy (non-hydrogen) atoms. The minimum absolute atomic E-state index is 0.195. The number of hydrogen-bond donors (Lipinski definition) is 1. The molecule has 1 amide bonds. The van der Waals surface area contributed by atoms with Gasteiger partial charge in [0.15, 0.2) is 0 Å². The van der Waals surface area contributed by atoms with Crippen LogP contribution in [0.4, 0.5) is 10.1 Å². The number of amides is 1. The summed E-state index contributed by atoms with van der Waals surface area (Å²) in [4.78, 5) is 26.0. The zero-order valence-corrected chi connectivity index (χ0v) is 25.5. The van der Waals surface area contributed by atoms with E-state index in [1.54, 1.807) is 21.0 Å². The first-order valence-corrected chi connectivity index (χ1v) is 14.8. The molecule has 0 unspecified atom stereocenters. The predicted octanol–water partition coefficient (Wildman–Crippen LogP) is 5.25. The van der Waals surface area contributed by atoms with E-state index in [1.165, 1.54) is 22.9 Å². The van der Waals surface area contributed by atoms with Crippen LogP contribution in [0.3, 0.4) is 0 Å². The number of likely N-dealkylation sites (tertiary alicyclic amines) is 1. The average Bonchev–Trinajstić information content (AvgIpc) is 2.97. The molecule has 0 spiro atoms. The van der Waals surface area contributed by atoms with Crippen molar-refractivity contribution in [1.29, 1.82) is 0 Å². The molecule has 226 valence electrons. The Bertz CT molecular complexity index is 1290. The molecule has 0 radical (unpaired) electrons. The lowest BCUT2D eigenvalue weighted by Gasteiger charge is -2.42. The molecule has 8 nitrogen and oxygen atoms in total. The second-order valence-corrected chi connectivity index (χ2v) is 11.1. The molecule has 1 aliphatic rings. The number of pyridine rings is 2. The standard InChI is InChI=1S/C33H44FN5O3/c1-23-10-14-35-21-27(23)22-39(28-6-8-30(9-7-28)42-19-18-41-5)29-12-16-38(17-13-29)25(3)11-15-36-33(40)32-24(2)20-31(34)37-26(32)4/h6-10,14,20-21,25,29H,11-13,15-19,22H2,1-5H3,(H,36,40)/t25-/m1/s1. The predicted molar refractivity (Wildman–Crippen MR) is 164 cm³/mol. The third-order valence-corrected chi connectivity index (χ3v) is 8.22. The molecule has 9 heteroatoms. The molecule has 4 rings (SSSR count). The van der Waals surface area contributed by atoms with E-state index in [2.05, 4.69) is 57.1 Å². The molecule has 1 atom stereocenters. The summed E-state index contributed by atoms with van der Waals surface area (Å²) in [7, 11) is 1.67. The Balaban J connectivity index is 1.34. The van der Waals surface area contributed by atoms with E-state index in [0.29, 0.717) is 48.7 Å². The molecular weight excluding hydrogens is 533 g/mol. The Hall–Kier alpha value is -3.56. The van der Waals surface area contributed by atoms with E-state index in [-0.39, 0.29) is 5.91 Å². The second-order valence-electron chi connectivity index (χ2n) is 11.1. The third kappa shape index (κ3) is 8.26. The minimum Gasteiger partial charge on any atom is -0.491 e. The highest BCUT2D eigenvalue weighted by Crippen LogP contribution is 2.29. The lowest BCUT2D eigenvalue weighted by atomic mass is 9.99. The van der Waals surface area contributed by atoms with Crippen LogP contribution in [-0.4, -0.2) is 72.8 Å². The van der Waals surface area contributed by atoms with E-state index in [4.69, 9.17) is 9.47 Å². The number of nitrogens with zero attached hydrogens (tertiary/aromatic N) is 4. The van der Waals surface area contributed by atoms with Crippen molar-refractivity contribution in [2.24, 2.45) is 0 Å². The van der Waals surface area contributed by atoms with Crippen molar-refractivity contribution < 1.29 is 18.7 Å². The first kappa shape index (κ1) is 31.4. The molecule has 0 saturated carbocycles. The summed E-state index contributed by atoms with van der Waals surface area (Å²) in [6.07, 6.45) is 6.74. The largest absolute Gasteiger partial charge is 0.491 e. The number of nitrogens with one attached hydrogen (secondary N) is 1. The van der Waals surface area contributed by atoms with Gasteiger partial charge in [0.05, 0.1) is 17.9 Å². The maximum Gasteiger partial charge on any atom is 0.253 e. The molecular formula is C33H44FN5O3. The van der Waals surface area contributed by atoms with Gasteiger partial charge in [0.25, 0.3) is 5.91 Å². The second kappa shape index (κ2) is 15.1. The average molecular weight is 578 g/mol. The van der Waals surface area contributed by atoms with Gasteiger partial charge in [0, 0.05) is 63.5 Å². The van der Waals surface area contributed by atoms with E-state index >= 15 is 0 Å². The highest BCUT2D eigenvalue weighted by atomic mass is 19.1. The summed E-state index contributed by atoms with van der Waals surface area (Å²) in [5.41, 5.74) is 5.12. The smallest absolute Gasteiger partial charge is 0.253 e. The molecule has 3 heterocycles. The maximum atomic E-state index is 13.5. The van der Waals surface area contributed by atoms with E-state index in [1.807, 2.05) is 24.5 Å². The number of benzene rings is 1. The van der Waals surface area contributed by atoms with Crippen molar-refractivity contribution in [3.8, 4) is 5.75 Å².